The Morgan fingerprint density at radius 1 is 0.516 bits per heavy atom. The van der Waals surface area contributed by atoms with Crippen molar-refractivity contribution >= 4 is 68.8 Å². The van der Waals surface area contributed by atoms with E-state index in [0.717, 1.165) is 49.5 Å². The molecule has 2 aliphatic heterocycles. The van der Waals surface area contributed by atoms with Gasteiger partial charge >= 0.3 is 45.5 Å². The van der Waals surface area contributed by atoms with E-state index >= 15 is 0 Å². The molecule has 0 saturated heterocycles. The summed E-state index contributed by atoms with van der Waals surface area (Å²) >= 11 is 0. The molecule has 0 aromatic carbocycles. The summed E-state index contributed by atoms with van der Waals surface area (Å²) in [5.74, 6) is 6.15. The van der Waals surface area contributed by atoms with Gasteiger partial charge in [-0.3, -0.25) is 20.0 Å². The number of nitrogens with zero attached hydrogens (tertiary/aromatic N) is 4. The Kier molecular flexibility index (Phi) is 16.4. The molecule has 6 nitrogen and oxygen atoms in total. The Labute approximate surface area is 230 Å². The maximum Gasteiger partial charge on any atom is 2.00 e. The molecule has 172 valence electrons. The number of amidine groups is 4. The Bertz CT molecular complexity index is 592. The van der Waals surface area contributed by atoms with E-state index in [1.807, 2.05) is 24.3 Å². The maximum atomic E-state index is 4.44. The molecule has 0 fully saturated rings. The van der Waals surface area contributed by atoms with Gasteiger partial charge in [0.1, 0.15) is 23.3 Å². The Morgan fingerprint density at radius 3 is 0.871 bits per heavy atom. The van der Waals surface area contributed by atoms with Gasteiger partial charge in [0.05, 0.1) is 0 Å². The normalized spacial score (nSPS) is 20.3. The molecule has 7 heteroatoms. The van der Waals surface area contributed by atoms with Crippen LogP contribution < -0.4 is 10.6 Å². The van der Waals surface area contributed by atoms with Gasteiger partial charge in [0.2, 0.25) is 0 Å². The zero-order chi connectivity index (χ0) is 22.5. The minimum atomic E-state index is 0. The predicted molar refractivity (Wildman–Crippen MR) is 141 cm³/mol. The van der Waals surface area contributed by atoms with Crippen molar-refractivity contribution in [3.8, 4) is 0 Å². The molecule has 2 aliphatic rings. The fourth-order valence-corrected chi connectivity index (χ4v) is 2.24. The number of rotatable bonds is 8. The second-order valence-corrected chi connectivity index (χ2v) is 9.40. The van der Waals surface area contributed by atoms with Gasteiger partial charge < -0.3 is 13.5 Å². The fourth-order valence-electron chi connectivity index (χ4n) is 2.24. The number of hydrogen-bond donors (Lipinski definition) is 2. The standard InChI is InChI=1S/2C12H21N3.Sr.2H/c2*1-9(2)7-13-11-5-6-12(15-11)14-8-10(3)4;;;/h2*5-6,9-10H,7-8H2,1-4H3,(H,13,14,15);;;/q;;+2;2*-1. The summed E-state index contributed by atoms with van der Waals surface area (Å²) in [6, 6.07) is 0. The predicted octanol–water partition coefficient (Wildman–Crippen LogP) is 4.35. The van der Waals surface area contributed by atoms with Gasteiger partial charge in [-0.05, 0) is 48.0 Å². The molecule has 0 aromatic rings. The third-order valence-corrected chi connectivity index (χ3v) is 3.82. The molecular formula is C24H44N6Sr. The average Bonchev–Trinajstić information content (AvgIpc) is 3.31. The van der Waals surface area contributed by atoms with Crippen molar-refractivity contribution in [1.29, 1.82) is 0 Å². The molecule has 0 unspecified atom stereocenters. The summed E-state index contributed by atoms with van der Waals surface area (Å²) in [6.07, 6.45) is 7.95. The van der Waals surface area contributed by atoms with Crippen molar-refractivity contribution in [1.82, 2.24) is 10.6 Å². The van der Waals surface area contributed by atoms with Crippen LogP contribution in [-0.4, -0.2) is 95.0 Å². The second kappa shape index (κ2) is 16.8. The van der Waals surface area contributed by atoms with Crippen LogP contribution in [0.1, 0.15) is 58.2 Å². The van der Waals surface area contributed by atoms with Crippen molar-refractivity contribution in [2.24, 2.45) is 43.6 Å². The smallest absolute Gasteiger partial charge is 1.00 e. The molecule has 0 spiro atoms. The molecule has 0 saturated carbocycles. The van der Waals surface area contributed by atoms with E-state index < -0.39 is 0 Å². The van der Waals surface area contributed by atoms with Crippen molar-refractivity contribution in [3.05, 3.63) is 24.3 Å². The summed E-state index contributed by atoms with van der Waals surface area (Å²) in [4.78, 5) is 17.8. The topological polar surface area (TPSA) is 73.5 Å². The van der Waals surface area contributed by atoms with Crippen LogP contribution in [-0.2, 0) is 0 Å². The molecule has 2 heterocycles. The van der Waals surface area contributed by atoms with Gasteiger partial charge in [0.25, 0.3) is 0 Å². The Hall–Kier alpha value is -0.759. The molecule has 31 heavy (non-hydrogen) atoms. The van der Waals surface area contributed by atoms with E-state index in [-0.39, 0.29) is 48.3 Å². The van der Waals surface area contributed by atoms with Crippen LogP contribution in [0, 0.1) is 23.7 Å². The summed E-state index contributed by atoms with van der Waals surface area (Å²) in [5, 5.41) is 6.38. The average molecular weight is 504 g/mol. The molecule has 0 atom stereocenters. The van der Waals surface area contributed by atoms with E-state index in [1.165, 1.54) is 0 Å². The SMILES string of the molecule is CC(C)CN=C1C=CC(=NCC(C)C)N1.CC(C)CN=C1C=CC(=NCC(C)C)N1.[H-].[H-].[Sr+2]. The van der Waals surface area contributed by atoms with Crippen LogP contribution in [0.3, 0.4) is 0 Å². The van der Waals surface area contributed by atoms with Crippen LogP contribution >= 0.6 is 0 Å². The van der Waals surface area contributed by atoms with Crippen LogP contribution in [0.2, 0.25) is 0 Å². The van der Waals surface area contributed by atoms with Crippen LogP contribution in [0.15, 0.2) is 44.3 Å². The first-order valence-electron chi connectivity index (χ1n) is 11.2. The summed E-state index contributed by atoms with van der Waals surface area (Å²) in [5.41, 5.74) is 0. The third-order valence-electron chi connectivity index (χ3n) is 3.82. The first-order valence-corrected chi connectivity index (χ1v) is 11.2. The van der Waals surface area contributed by atoms with Gasteiger partial charge in [-0.1, -0.05) is 55.4 Å². The maximum absolute atomic E-state index is 4.44. The van der Waals surface area contributed by atoms with Crippen LogP contribution in [0.5, 0.6) is 0 Å². The Balaban J connectivity index is -0.000000500. The van der Waals surface area contributed by atoms with Crippen molar-refractivity contribution in [2.45, 2.75) is 55.4 Å². The molecule has 2 N–H and O–H groups in total. The first-order chi connectivity index (χ1) is 14.2. The van der Waals surface area contributed by atoms with Gasteiger partial charge in [0, 0.05) is 26.2 Å². The van der Waals surface area contributed by atoms with Crippen LogP contribution in [0.25, 0.3) is 0 Å². The van der Waals surface area contributed by atoms with Crippen molar-refractivity contribution in [3.63, 3.8) is 0 Å². The van der Waals surface area contributed by atoms with Gasteiger partial charge in [-0.15, -0.1) is 0 Å². The zero-order valence-corrected chi connectivity index (χ0v) is 24.4. The molecule has 0 aromatic heterocycles. The van der Waals surface area contributed by atoms with E-state index in [4.69, 9.17) is 0 Å². The molecule has 2 rings (SSSR count). The van der Waals surface area contributed by atoms with E-state index in [2.05, 4.69) is 86.0 Å². The molecule has 0 radical (unpaired) electrons. The molecule has 0 aliphatic carbocycles. The summed E-state index contributed by atoms with van der Waals surface area (Å²) < 4.78 is 0. The van der Waals surface area contributed by atoms with E-state index in [0.29, 0.717) is 23.7 Å². The number of hydrogen-bond acceptors (Lipinski definition) is 4. The van der Waals surface area contributed by atoms with E-state index in [9.17, 15) is 0 Å². The minimum absolute atomic E-state index is 0. The molecule has 0 bridgehead atoms. The number of nitrogens with one attached hydrogen (secondary N) is 2. The van der Waals surface area contributed by atoms with Gasteiger partial charge in [-0.2, -0.15) is 0 Å². The number of aliphatic imine (C=N–C) groups is 4. The summed E-state index contributed by atoms with van der Waals surface area (Å²) in [6.45, 7) is 20.8. The molecular weight excluding hydrogens is 460 g/mol. The summed E-state index contributed by atoms with van der Waals surface area (Å²) in [7, 11) is 0. The van der Waals surface area contributed by atoms with Crippen molar-refractivity contribution < 1.29 is 2.85 Å². The molecule has 0 amide bonds. The third kappa shape index (κ3) is 15.6. The van der Waals surface area contributed by atoms with Crippen LogP contribution in [0.4, 0.5) is 0 Å². The zero-order valence-electron chi connectivity index (χ0n) is 22.9. The van der Waals surface area contributed by atoms with E-state index in [1.54, 1.807) is 0 Å². The quantitative estimate of drug-likeness (QED) is 0.483. The van der Waals surface area contributed by atoms with Crippen molar-refractivity contribution in [2.75, 3.05) is 26.2 Å². The largest absolute Gasteiger partial charge is 2.00 e. The Morgan fingerprint density at radius 2 is 0.710 bits per heavy atom. The first kappa shape index (κ1) is 30.2. The monoisotopic (exact) mass is 504 g/mol. The fraction of sp³-hybridized carbons (Fsp3) is 0.667. The minimum Gasteiger partial charge on any atom is -1.00 e. The van der Waals surface area contributed by atoms with Gasteiger partial charge in [0.15, 0.2) is 0 Å². The second-order valence-electron chi connectivity index (χ2n) is 9.40. The van der Waals surface area contributed by atoms with Gasteiger partial charge in [-0.25, -0.2) is 0 Å².